The van der Waals surface area contributed by atoms with Crippen molar-refractivity contribution in [3.63, 3.8) is 0 Å². The monoisotopic (exact) mass is 352 g/mol. The molecule has 1 aromatic carbocycles. The summed E-state index contributed by atoms with van der Waals surface area (Å²) in [5, 5.41) is 11.4. The second kappa shape index (κ2) is 9.39. The Bertz CT molecular complexity index is 743. The lowest BCUT2D eigenvalue weighted by Crippen LogP contribution is -2.35. The molecule has 2 N–H and O–H groups in total. The van der Waals surface area contributed by atoms with Gasteiger partial charge in [0.25, 0.3) is 11.5 Å². The second-order valence-electron chi connectivity index (χ2n) is 5.88. The number of nitrogens with one attached hydrogen (secondary N) is 2. The van der Waals surface area contributed by atoms with Gasteiger partial charge >= 0.3 is 0 Å². The van der Waals surface area contributed by atoms with Gasteiger partial charge in [-0.1, -0.05) is 39.0 Å². The summed E-state index contributed by atoms with van der Waals surface area (Å²) in [6.07, 6.45) is 0. The number of likely N-dealkylation sites (N-methyl/N-ethyl adjacent to an activating group) is 1. The molecule has 2 aromatic rings. The molecule has 132 valence electrons. The van der Waals surface area contributed by atoms with E-state index in [1.54, 1.807) is 18.2 Å². The highest BCUT2D eigenvalue weighted by molar-refractivity contribution is 6.04. The molecule has 0 saturated carbocycles. The lowest BCUT2D eigenvalue weighted by atomic mass is 10.1. The van der Waals surface area contributed by atoms with E-state index in [4.69, 9.17) is 0 Å². The van der Waals surface area contributed by atoms with Gasteiger partial charge in [-0.25, -0.2) is 4.68 Å². The number of benzene rings is 1. The van der Waals surface area contributed by atoms with E-state index < -0.39 is 0 Å². The highest BCUT2D eigenvalue weighted by Gasteiger charge is 2.16. The number of carbonyl (C=O) groups excluding carboxylic acids is 1. The number of fused-ring (bicyclic) bond motifs is 1. The summed E-state index contributed by atoms with van der Waals surface area (Å²) in [7, 11) is 0. The molecule has 0 fully saturated rings. The third-order valence-electron chi connectivity index (χ3n) is 3.46. The van der Waals surface area contributed by atoms with E-state index in [2.05, 4.69) is 15.7 Å². The predicted octanol–water partition coefficient (Wildman–Crippen LogP) is 1.81. The van der Waals surface area contributed by atoms with E-state index in [0.717, 1.165) is 6.54 Å². The molecule has 7 heteroatoms. The molecule has 1 heterocycles. The maximum absolute atomic E-state index is 12.5. The number of hydrogen-bond donors (Lipinski definition) is 2. The SMILES string of the molecule is CCNCCNC(=O)c1nn(CC(C)C)c(=O)c2ccccc12.Cl. The van der Waals surface area contributed by atoms with Crippen molar-refractivity contribution in [2.75, 3.05) is 19.6 Å². The van der Waals surface area contributed by atoms with E-state index in [0.29, 0.717) is 36.1 Å². The first kappa shape index (κ1) is 20.1. The molecule has 0 spiro atoms. The fourth-order valence-corrected chi connectivity index (χ4v) is 2.40. The molecule has 0 bridgehead atoms. The molecule has 0 radical (unpaired) electrons. The standard InChI is InChI=1S/C17H24N4O2.ClH/c1-4-18-9-10-19-16(22)15-13-7-5-6-8-14(13)17(23)21(20-15)11-12(2)3;/h5-8,12,18H,4,9-11H2,1-3H3,(H,19,22);1H. The van der Waals surface area contributed by atoms with Crippen LogP contribution < -0.4 is 16.2 Å². The molecule has 0 saturated heterocycles. The van der Waals surface area contributed by atoms with Gasteiger partial charge in [-0.15, -0.1) is 12.4 Å². The zero-order valence-electron chi connectivity index (χ0n) is 14.3. The summed E-state index contributed by atoms with van der Waals surface area (Å²) in [5.74, 6) is 0.0163. The van der Waals surface area contributed by atoms with Crippen molar-refractivity contribution in [1.29, 1.82) is 0 Å². The van der Waals surface area contributed by atoms with Gasteiger partial charge in [-0.05, 0) is 18.5 Å². The number of carbonyl (C=O) groups is 1. The zero-order valence-corrected chi connectivity index (χ0v) is 15.2. The minimum atomic E-state index is -0.253. The van der Waals surface area contributed by atoms with E-state index in [1.165, 1.54) is 4.68 Å². The minimum Gasteiger partial charge on any atom is -0.349 e. The van der Waals surface area contributed by atoms with Gasteiger partial charge in [0, 0.05) is 25.0 Å². The van der Waals surface area contributed by atoms with Gasteiger partial charge in [-0.2, -0.15) is 5.10 Å². The highest BCUT2D eigenvalue weighted by Crippen LogP contribution is 2.13. The Labute approximate surface area is 148 Å². The number of aromatic nitrogens is 2. The molecule has 0 aliphatic carbocycles. The highest BCUT2D eigenvalue weighted by atomic mass is 35.5. The summed E-state index contributed by atoms with van der Waals surface area (Å²) in [6, 6.07) is 7.12. The van der Waals surface area contributed by atoms with Gasteiger partial charge < -0.3 is 10.6 Å². The van der Waals surface area contributed by atoms with Gasteiger partial charge in [0.15, 0.2) is 5.69 Å². The molecule has 0 aliphatic rings. The van der Waals surface area contributed by atoms with Gasteiger partial charge in [0.1, 0.15) is 0 Å². The maximum atomic E-state index is 12.5. The van der Waals surface area contributed by atoms with Crippen LogP contribution in [-0.2, 0) is 6.54 Å². The van der Waals surface area contributed by atoms with Crippen molar-refractivity contribution < 1.29 is 4.79 Å². The van der Waals surface area contributed by atoms with Crippen LogP contribution in [0.2, 0.25) is 0 Å². The fraction of sp³-hybridized carbons (Fsp3) is 0.471. The van der Waals surface area contributed by atoms with Crippen molar-refractivity contribution in [1.82, 2.24) is 20.4 Å². The van der Waals surface area contributed by atoms with Crippen LogP contribution in [0.25, 0.3) is 10.8 Å². The van der Waals surface area contributed by atoms with E-state index >= 15 is 0 Å². The summed E-state index contributed by atoms with van der Waals surface area (Å²) >= 11 is 0. The normalized spacial score (nSPS) is 10.7. The van der Waals surface area contributed by atoms with Crippen LogP contribution in [0.5, 0.6) is 0 Å². The predicted molar refractivity (Wildman–Crippen MR) is 99.0 cm³/mol. The number of nitrogens with zero attached hydrogens (tertiary/aromatic N) is 2. The number of halogens is 1. The average Bonchev–Trinajstić information content (AvgIpc) is 2.53. The summed E-state index contributed by atoms with van der Waals surface area (Å²) in [6.45, 7) is 8.60. The quantitative estimate of drug-likeness (QED) is 0.745. The van der Waals surface area contributed by atoms with Crippen LogP contribution in [-0.4, -0.2) is 35.3 Å². The molecule has 1 aromatic heterocycles. The first-order chi connectivity index (χ1) is 11.0. The van der Waals surface area contributed by atoms with E-state index in [1.807, 2.05) is 26.8 Å². The maximum Gasteiger partial charge on any atom is 0.274 e. The molecule has 0 unspecified atom stereocenters. The Morgan fingerprint density at radius 3 is 2.50 bits per heavy atom. The third kappa shape index (κ3) is 4.79. The second-order valence-corrected chi connectivity index (χ2v) is 5.88. The number of rotatable bonds is 7. The smallest absolute Gasteiger partial charge is 0.274 e. The summed E-state index contributed by atoms with van der Waals surface area (Å²) in [5.41, 5.74) is 0.149. The molecular weight excluding hydrogens is 328 g/mol. The molecule has 6 nitrogen and oxygen atoms in total. The molecule has 2 rings (SSSR count). The van der Waals surface area contributed by atoms with Crippen molar-refractivity contribution in [3.05, 3.63) is 40.3 Å². The average molecular weight is 353 g/mol. The lowest BCUT2D eigenvalue weighted by molar-refractivity contribution is 0.0948. The minimum absolute atomic E-state index is 0. The molecule has 0 aliphatic heterocycles. The zero-order chi connectivity index (χ0) is 16.8. The van der Waals surface area contributed by atoms with E-state index in [9.17, 15) is 9.59 Å². The van der Waals surface area contributed by atoms with Crippen LogP contribution in [0.1, 0.15) is 31.3 Å². The molecular formula is C17H25ClN4O2. The topological polar surface area (TPSA) is 76.0 Å². The Balaban J connectivity index is 0.00000288. The lowest BCUT2D eigenvalue weighted by Gasteiger charge is -2.12. The van der Waals surface area contributed by atoms with Crippen LogP contribution in [0.15, 0.2) is 29.1 Å². The first-order valence-electron chi connectivity index (χ1n) is 8.03. The van der Waals surface area contributed by atoms with Crippen molar-refractivity contribution in [2.45, 2.75) is 27.3 Å². The van der Waals surface area contributed by atoms with Crippen LogP contribution in [0.4, 0.5) is 0 Å². The van der Waals surface area contributed by atoms with Crippen LogP contribution in [0, 0.1) is 5.92 Å². The van der Waals surface area contributed by atoms with Crippen molar-refractivity contribution >= 4 is 29.1 Å². The van der Waals surface area contributed by atoms with Crippen LogP contribution in [0.3, 0.4) is 0 Å². The van der Waals surface area contributed by atoms with Gasteiger partial charge in [0.05, 0.1) is 5.39 Å². The largest absolute Gasteiger partial charge is 0.349 e. The number of amides is 1. The molecule has 1 amide bonds. The van der Waals surface area contributed by atoms with Gasteiger partial charge in [0.2, 0.25) is 0 Å². The fourth-order valence-electron chi connectivity index (χ4n) is 2.40. The van der Waals surface area contributed by atoms with Crippen molar-refractivity contribution in [3.8, 4) is 0 Å². The Hall–Kier alpha value is -1.92. The van der Waals surface area contributed by atoms with Gasteiger partial charge in [-0.3, -0.25) is 9.59 Å². The first-order valence-corrected chi connectivity index (χ1v) is 8.03. The Morgan fingerprint density at radius 1 is 1.21 bits per heavy atom. The summed E-state index contributed by atoms with van der Waals surface area (Å²) < 4.78 is 1.40. The number of hydrogen-bond acceptors (Lipinski definition) is 4. The third-order valence-corrected chi connectivity index (χ3v) is 3.46. The summed E-state index contributed by atoms with van der Waals surface area (Å²) in [4.78, 5) is 25.0. The molecule has 0 atom stereocenters. The van der Waals surface area contributed by atoms with Crippen molar-refractivity contribution in [2.24, 2.45) is 5.92 Å². The molecule has 24 heavy (non-hydrogen) atoms. The Morgan fingerprint density at radius 2 is 1.88 bits per heavy atom. The Kier molecular flexibility index (Phi) is 7.88. The van der Waals surface area contributed by atoms with Crippen LogP contribution >= 0.6 is 12.4 Å². The van der Waals surface area contributed by atoms with E-state index in [-0.39, 0.29) is 29.8 Å².